The Labute approximate surface area is 109 Å². The highest BCUT2D eigenvalue weighted by atomic mass is 16.5. The molecule has 1 fully saturated rings. The number of nitrogens with one attached hydrogen (secondary N) is 1. The van der Waals surface area contributed by atoms with Crippen LogP contribution in [-0.2, 0) is 4.74 Å². The van der Waals surface area contributed by atoms with Crippen molar-refractivity contribution in [1.82, 2.24) is 5.32 Å². The molecule has 0 aliphatic heterocycles. The third kappa shape index (κ3) is 4.09. The number of benzene rings is 1. The predicted octanol–water partition coefficient (Wildman–Crippen LogP) is 1.92. The van der Waals surface area contributed by atoms with E-state index in [1.165, 1.54) is 18.4 Å². The van der Waals surface area contributed by atoms with Crippen LogP contribution in [-0.4, -0.2) is 37.5 Å². The zero-order valence-corrected chi connectivity index (χ0v) is 10.8. The molecular formula is C15H23NO2. The lowest BCUT2D eigenvalue weighted by Gasteiger charge is -2.36. The lowest BCUT2D eigenvalue weighted by atomic mass is 9.76. The molecule has 1 saturated carbocycles. The highest BCUT2D eigenvalue weighted by Crippen LogP contribution is 2.36. The van der Waals surface area contributed by atoms with Crippen LogP contribution in [0.1, 0.15) is 30.7 Å². The zero-order chi connectivity index (χ0) is 12.6. The number of aliphatic hydroxyl groups is 1. The van der Waals surface area contributed by atoms with E-state index in [9.17, 15) is 0 Å². The van der Waals surface area contributed by atoms with Gasteiger partial charge >= 0.3 is 0 Å². The molecule has 1 aliphatic rings. The topological polar surface area (TPSA) is 41.5 Å². The van der Waals surface area contributed by atoms with Gasteiger partial charge in [-0.1, -0.05) is 30.3 Å². The molecule has 3 heteroatoms. The standard InChI is InChI=1S/C15H23NO2/c17-8-10-18-9-4-7-16-15-11-14(12-15)13-5-2-1-3-6-13/h1-3,5-6,14-17H,4,7-12H2. The van der Waals surface area contributed by atoms with Crippen molar-refractivity contribution < 1.29 is 9.84 Å². The maximum atomic E-state index is 8.55. The quantitative estimate of drug-likeness (QED) is 0.692. The SMILES string of the molecule is OCCOCCCNC1CC(c2ccccc2)C1. The van der Waals surface area contributed by atoms with Crippen molar-refractivity contribution in [3.63, 3.8) is 0 Å². The monoisotopic (exact) mass is 249 g/mol. The van der Waals surface area contributed by atoms with Crippen LogP contribution >= 0.6 is 0 Å². The summed E-state index contributed by atoms with van der Waals surface area (Å²) in [7, 11) is 0. The molecule has 0 saturated heterocycles. The molecule has 2 rings (SSSR count). The molecule has 1 aliphatic carbocycles. The van der Waals surface area contributed by atoms with Gasteiger partial charge in [0.1, 0.15) is 0 Å². The summed E-state index contributed by atoms with van der Waals surface area (Å²) in [6.07, 6.45) is 3.52. The van der Waals surface area contributed by atoms with E-state index < -0.39 is 0 Å². The minimum atomic E-state index is 0.120. The summed E-state index contributed by atoms with van der Waals surface area (Å²) in [5.41, 5.74) is 1.47. The van der Waals surface area contributed by atoms with E-state index in [4.69, 9.17) is 9.84 Å². The first-order chi connectivity index (χ1) is 8.90. The predicted molar refractivity (Wildman–Crippen MR) is 72.7 cm³/mol. The Morgan fingerprint density at radius 3 is 2.67 bits per heavy atom. The largest absolute Gasteiger partial charge is 0.394 e. The van der Waals surface area contributed by atoms with Gasteiger partial charge in [0, 0.05) is 12.6 Å². The Balaban J connectivity index is 1.52. The Morgan fingerprint density at radius 1 is 1.17 bits per heavy atom. The zero-order valence-electron chi connectivity index (χ0n) is 10.8. The smallest absolute Gasteiger partial charge is 0.0697 e. The Kier molecular flexibility index (Phi) is 5.65. The number of rotatable bonds is 8. The van der Waals surface area contributed by atoms with Crippen LogP contribution in [0.3, 0.4) is 0 Å². The highest BCUT2D eigenvalue weighted by Gasteiger charge is 2.29. The summed E-state index contributed by atoms with van der Waals surface area (Å²) in [6, 6.07) is 11.4. The Hall–Kier alpha value is -0.900. The Bertz CT molecular complexity index is 323. The van der Waals surface area contributed by atoms with Crippen LogP contribution in [0.15, 0.2) is 30.3 Å². The van der Waals surface area contributed by atoms with Crippen LogP contribution in [0, 0.1) is 0 Å². The molecule has 3 nitrogen and oxygen atoms in total. The summed E-state index contributed by atoms with van der Waals surface area (Å²) in [5.74, 6) is 0.745. The van der Waals surface area contributed by atoms with Crippen LogP contribution in [0.2, 0.25) is 0 Å². The van der Waals surface area contributed by atoms with Crippen LogP contribution in [0.5, 0.6) is 0 Å². The minimum Gasteiger partial charge on any atom is -0.394 e. The lowest BCUT2D eigenvalue weighted by Crippen LogP contribution is -2.40. The summed E-state index contributed by atoms with van der Waals surface area (Å²) in [4.78, 5) is 0. The molecule has 0 amide bonds. The molecule has 2 N–H and O–H groups in total. The van der Waals surface area contributed by atoms with Gasteiger partial charge in [0.25, 0.3) is 0 Å². The van der Waals surface area contributed by atoms with Gasteiger partial charge in [0.05, 0.1) is 13.2 Å². The van der Waals surface area contributed by atoms with E-state index in [1.54, 1.807) is 0 Å². The van der Waals surface area contributed by atoms with Crippen molar-refractivity contribution in [3.05, 3.63) is 35.9 Å². The average Bonchev–Trinajstić information content (AvgIpc) is 2.36. The summed E-state index contributed by atoms with van der Waals surface area (Å²) < 4.78 is 5.22. The molecule has 0 radical (unpaired) electrons. The van der Waals surface area contributed by atoms with E-state index in [2.05, 4.69) is 35.6 Å². The molecule has 0 heterocycles. The summed E-state index contributed by atoms with van der Waals surface area (Å²) >= 11 is 0. The fourth-order valence-electron chi connectivity index (χ4n) is 2.43. The Morgan fingerprint density at radius 2 is 1.94 bits per heavy atom. The highest BCUT2D eigenvalue weighted by molar-refractivity contribution is 5.22. The van der Waals surface area contributed by atoms with E-state index in [0.29, 0.717) is 12.6 Å². The first-order valence-electron chi connectivity index (χ1n) is 6.87. The second kappa shape index (κ2) is 7.52. The first kappa shape index (κ1) is 13.5. The normalized spacial score (nSPS) is 22.7. The van der Waals surface area contributed by atoms with Crippen molar-refractivity contribution in [2.24, 2.45) is 0 Å². The number of aliphatic hydroxyl groups excluding tert-OH is 1. The first-order valence-corrected chi connectivity index (χ1v) is 6.87. The fourth-order valence-corrected chi connectivity index (χ4v) is 2.43. The molecule has 100 valence electrons. The van der Waals surface area contributed by atoms with Gasteiger partial charge < -0.3 is 15.2 Å². The number of hydrogen-bond acceptors (Lipinski definition) is 3. The van der Waals surface area contributed by atoms with Gasteiger partial charge in [-0.3, -0.25) is 0 Å². The molecule has 0 spiro atoms. The number of hydrogen-bond donors (Lipinski definition) is 2. The van der Waals surface area contributed by atoms with Crippen LogP contribution in [0.25, 0.3) is 0 Å². The van der Waals surface area contributed by atoms with Crippen molar-refractivity contribution in [1.29, 1.82) is 0 Å². The average molecular weight is 249 g/mol. The van der Waals surface area contributed by atoms with Crippen molar-refractivity contribution in [2.75, 3.05) is 26.4 Å². The van der Waals surface area contributed by atoms with Gasteiger partial charge in [0.15, 0.2) is 0 Å². The second-order valence-electron chi connectivity index (χ2n) is 4.92. The molecule has 0 bridgehead atoms. The van der Waals surface area contributed by atoms with Gasteiger partial charge in [0.2, 0.25) is 0 Å². The van der Waals surface area contributed by atoms with Crippen molar-refractivity contribution in [3.8, 4) is 0 Å². The maximum Gasteiger partial charge on any atom is 0.0697 e. The van der Waals surface area contributed by atoms with Crippen molar-refractivity contribution in [2.45, 2.75) is 31.2 Å². The van der Waals surface area contributed by atoms with Gasteiger partial charge in [-0.25, -0.2) is 0 Å². The molecule has 1 aromatic rings. The van der Waals surface area contributed by atoms with E-state index in [1.807, 2.05) is 0 Å². The van der Waals surface area contributed by atoms with Gasteiger partial charge in [-0.15, -0.1) is 0 Å². The number of ether oxygens (including phenoxy) is 1. The minimum absolute atomic E-state index is 0.120. The third-order valence-corrected chi connectivity index (χ3v) is 3.54. The maximum absolute atomic E-state index is 8.55. The summed E-state index contributed by atoms with van der Waals surface area (Å²) in [5, 5.41) is 12.1. The molecule has 1 aromatic carbocycles. The lowest BCUT2D eigenvalue weighted by molar-refractivity contribution is 0.0897. The summed E-state index contributed by atoms with van der Waals surface area (Å²) in [6.45, 7) is 2.33. The van der Waals surface area contributed by atoms with Gasteiger partial charge in [-0.2, -0.15) is 0 Å². The van der Waals surface area contributed by atoms with Crippen LogP contribution in [0.4, 0.5) is 0 Å². The molecule has 0 atom stereocenters. The van der Waals surface area contributed by atoms with E-state index in [0.717, 1.165) is 25.5 Å². The van der Waals surface area contributed by atoms with Crippen molar-refractivity contribution >= 4 is 0 Å². The van der Waals surface area contributed by atoms with E-state index >= 15 is 0 Å². The second-order valence-corrected chi connectivity index (χ2v) is 4.92. The fraction of sp³-hybridized carbons (Fsp3) is 0.600. The van der Waals surface area contributed by atoms with Crippen LogP contribution < -0.4 is 5.32 Å². The van der Waals surface area contributed by atoms with E-state index in [-0.39, 0.29) is 6.61 Å². The van der Waals surface area contributed by atoms with Gasteiger partial charge in [-0.05, 0) is 37.3 Å². The molecule has 0 unspecified atom stereocenters. The molecular weight excluding hydrogens is 226 g/mol. The third-order valence-electron chi connectivity index (χ3n) is 3.54. The molecule has 0 aromatic heterocycles. The molecule has 18 heavy (non-hydrogen) atoms.